The summed E-state index contributed by atoms with van der Waals surface area (Å²) in [5.41, 5.74) is 2.76. The normalized spacial score (nSPS) is 11.0. The van der Waals surface area contributed by atoms with Crippen LogP contribution in [0.2, 0.25) is 0 Å². The summed E-state index contributed by atoms with van der Waals surface area (Å²) in [6.45, 7) is 0. The number of phenols is 2. The molecule has 9 heteroatoms. The lowest BCUT2D eigenvalue weighted by Gasteiger charge is -2.06. The zero-order valence-electron chi connectivity index (χ0n) is 11.1. The molecule has 0 aliphatic carbocycles. The van der Waals surface area contributed by atoms with E-state index in [2.05, 4.69) is 74.2 Å². The number of hydrogen-bond acceptors (Lipinski definition) is 4. The molecule has 0 saturated carbocycles. The van der Waals surface area contributed by atoms with Crippen LogP contribution in [-0.2, 0) is 0 Å². The van der Waals surface area contributed by atoms with Gasteiger partial charge in [0.25, 0.3) is 5.91 Å². The number of rotatable bonds is 3. The van der Waals surface area contributed by atoms with Crippen LogP contribution < -0.4 is 5.43 Å². The van der Waals surface area contributed by atoms with Gasteiger partial charge < -0.3 is 10.2 Å². The molecule has 0 spiro atoms. The quantitative estimate of drug-likeness (QED) is 0.362. The number of nitrogens with one attached hydrogen (secondary N) is 1. The Morgan fingerprint density at radius 2 is 1.52 bits per heavy atom. The molecule has 23 heavy (non-hydrogen) atoms. The molecule has 0 bridgehead atoms. The van der Waals surface area contributed by atoms with Crippen LogP contribution in [0.4, 0.5) is 0 Å². The molecule has 1 amide bonds. The minimum Gasteiger partial charge on any atom is -0.506 e. The van der Waals surface area contributed by atoms with E-state index in [-0.39, 0.29) is 17.1 Å². The lowest BCUT2D eigenvalue weighted by Crippen LogP contribution is -2.18. The van der Waals surface area contributed by atoms with E-state index < -0.39 is 5.91 Å². The molecule has 3 N–H and O–H groups in total. The number of carbonyl (C=O) groups is 1. The fourth-order valence-corrected chi connectivity index (χ4v) is 4.13. The van der Waals surface area contributed by atoms with E-state index in [0.717, 1.165) is 4.47 Å². The Bertz CT molecular complexity index is 809. The largest absolute Gasteiger partial charge is 0.506 e. The monoisotopic (exact) mass is 568 g/mol. The first kappa shape index (κ1) is 18.4. The molecule has 2 rings (SSSR count). The van der Waals surface area contributed by atoms with E-state index in [1.54, 1.807) is 18.2 Å². The van der Waals surface area contributed by atoms with Crippen LogP contribution in [0.3, 0.4) is 0 Å². The molecule has 2 aromatic carbocycles. The van der Waals surface area contributed by atoms with E-state index in [1.807, 2.05) is 0 Å². The molecule has 5 nitrogen and oxygen atoms in total. The third-order valence-corrected chi connectivity index (χ3v) is 4.82. The molecule has 0 saturated heterocycles. The molecule has 120 valence electrons. The van der Waals surface area contributed by atoms with Gasteiger partial charge in [-0.15, -0.1) is 0 Å². The van der Waals surface area contributed by atoms with E-state index >= 15 is 0 Å². The number of hydrazone groups is 1. The maximum atomic E-state index is 12.1. The third kappa shape index (κ3) is 4.56. The second-order valence-electron chi connectivity index (χ2n) is 4.31. The van der Waals surface area contributed by atoms with Crippen molar-refractivity contribution in [2.24, 2.45) is 5.10 Å². The molecular weight excluding hydrogens is 564 g/mol. The number of phenolic OH excluding ortho intramolecular Hbond substituents is 2. The van der Waals surface area contributed by atoms with Crippen LogP contribution in [0.1, 0.15) is 15.9 Å². The van der Waals surface area contributed by atoms with Crippen molar-refractivity contribution in [3.8, 4) is 11.5 Å². The van der Waals surface area contributed by atoms with Crippen molar-refractivity contribution < 1.29 is 15.0 Å². The Morgan fingerprint density at radius 3 is 2.17 bits per heavy atom. The number of carbonyl (C=O) groups excluding carboxylic acids is 1. The minimum absolute atomic E-state index is 0.000698. The van der Waals surface area contributed by atoms with E-state index in [4.69, 9.17) is 0 Å². The number of amides is 1. The van der Waals surface area contributed by atoms with Crippen LogP contribution in [0.25, 0.3) is 0 Å². The SMILES string of the molecule is O=C(N/N=C/c1cc(Br)cc(Br)c1O)c1cc(Br)cc(Br)c1O. The highest BCUT2D eigenvalue weighted by Gasteiger charge is 2.14. The predicted octanol–water partition coefficient (Wildman–Crippen LogP) is 4.91. The molecule has 0 fully saturated rings. The second-order valence-corrected chi connectivity index (χ2v) is 7.85. The van der Waals surface area contributed by atoms with Crippen molar-refractivity contribution in [1.82, 2.24) is 5.43 Å². The van der Waals surface area contributed by atoms with Crippen LogP contribution in [0, 0.1) is 0 Å². The van der Waals surface area contributed by atoms with Crippen LogP contribution >= 0.6 is 63.7 Å². The Morgan fingerprint density at radius 1 is 0.957 bits per heavy atom. The molecule has 0 unspecified atom stereocenters. The van der Waals surface area contributed by atoms with Gasteiger partial charge in [-0.2, -0.15) is 5.10 Å². The second kappa shape index (κ2) is 7.78. The molecule has 0 aliphatic rings. The number of hydrogen-bond donors (Lipinski definition) is 3. The highest BCUT2D eigenvalue weighted by Crippen LogP contribution is 2.32. The van der Waals surface area contributed by atoms with Gasteiger partial charge >= 0.3 is 0 Å². The van der Waals surface area contributed by atoms with Crippen molar-refractivity contribution in [3.63, 3.8) is 0 Å². The molecule has 0 radical (unpaired) electrons. The summed E-state index contributed by atoms with van der Waals surface area (Å²) < 4.78 is 2.25. The summed E-state index contributed by atoms with van der Waals surface area (Å²) in [6.07, 6.45) is 1.30. The van der Waals surface area contributed by atoms with Gasteiger partial charge in [-0.3, -0.25) is 4.79 Å². The summed E-state index contributed by atoms with van der Waals surface area (Å²) in [6, 6.07) is 6.41. The maximum Gasteiger partial charge on any atom is 0.275 e. The summed E-state index contributed by atoms with van der Waals surface area (Å²) in [5.74, 6) is -0.775. The predicted molar refractivity (Wildman–Crippen MR) is 102 cm³/mol. The summed E-state index contributed by atoms with van der Waals surface area (Å²) in [5, 5.41) is 23.6. The van der Waals surface area contributed by atoms with Crippen molar-refractivity contribution in [2.75, 3.05) is 0 Å². The fourth-order valence-electron chi connectivity index (χ4n) is 1.64. The molecule has 0 atom stereocenters. The van der Waals surface area contributed by atoms with E-state index in [1.165, 1.54) is 12.3 Å². The van der Waals surface area contributed by atoms with Gasteiger partial charge in [-0.05, 0) is 56.1 Å². The number of halogens is 4. The first-order valence-electron chi connectivity index (χ1n) is 5.99. The standard InChI is InChI=1S/C14H8Br4N2O3/c15-7-1-6(12(21)10(17)3-7)5-19-20-14(23)9-2-8(16)4-11(18)13(9)22/h1-5,21-22H,(H,20,23)/b19-5+. The van der Waals surface area contributed by atoms with Gasteiger partial charge in [0.05, 0.1) is 20.7 Å². The van der Waals surface area contributed by atoms with Crippen LogP contribution in [-0.4, -0.2) is 22.3 Å². The summed E-state index contributed by atoms with van der Waals surface area (Å²) in [7, 11) is 0. The summed E-state index contributed by atoms with van der Waals surface area (Å²) in [4.78, 5) is 12.1. The number of aromatic hydroxyl groups is 2. The Hall–Kier alpha value is -0.900. The average molecular weight is 572 g/mol. The van der Waals surface area contributed by atoms with Crippen molar-refractivity contribution >= 4 is 75.8 Å². The van der Waals surface area contributed by atoms with Gasteiger partial charge in [0, 0.05) is 14.5 Å². The highest BCUT2D eigenvalue weighted by molar-refractivity contribution is 9.11. The topological polar surface area (TPSA) is 81.9 Å². The minimum atomic E-state index is -0.589. The van der Waals surface area contributed by atoms with Crippen LogP contribution in [0.5, 0.6) is 11.5 Å². The van der Waals surface area contributed by atoms with Gasteiger partial charge in [0.15, 0.2) is 0 Å². The summed E-state index contributed by atoms with van der Waals surface area (Å²) >= 11 is 12.9. The van der Waals surface area contributed by atoms with Gasteiger partial charge in [0.2, 0.25) is 0 Å². The highest BCUT2D eigenvalue weighted by atomic mass is 79.9. The first-order chi connectivity index (χ1) is 10.8. The lowest BCUT2D eigenvalue weighted by atomic mass is 10.2. The number of benzene rings is 2. The van der Waals surface area contributed by atoms with Crippen molar-refractivity contribution in [2.45, 2.75) is 0 Å². The average Bonchev–Trinajstić information content (AvgIpc) is 2.47. The fraction of sp³-hybridized carbons (Fsp3) is 0. The van der Waals surface area contributed by atoms with Crippen LogP contribution in [0.15, 0.2) is 47.3 Å². The molecule has 0 aliphatic heterocycles. The van der Waals surface area contributed by atoms with E-state index in [9.17, 15) is 15.0 Å². The van der Waals surface area contributed by atoms with E-state index in [0.29, 0.717) is 19.0 Å². The van der Waals surface area contributed by atoms with Crippen molar-refractivity contribution in [3.05, 3.63) is 53.3 Å². The maximum absolute atomic E-state index is 12.1. The number of nitrogens with zero attached hydrogens (tertiary/aromatic N) is 1. The van der Waals surface area contributed by atoms with Gasteiger partial charge in [0.1, 0.15) is 11.5 Å². The molecule has 2 aromatic rings. The molecule has 0 heterocycles. The Labute approximate surface area is 165 Å². The van der Waals surface area contributed by atoms with Gasteiger partial charge in [-0.25, -0.2) is 5.43 Å². The zero-order chi connectivity index (χ0) is 17.1. The molecule has 0 aromatic heterocycles. The first-order valence-corrected chi connectivity index (χ1v) is 9.16. The lowest BCUT2D eigenvalue weighted by molar-refractivity contribution is 0.0952. The zero-order valence-corrected chi connectivity index (χ0v) is 17.5. The van der Waals surface area contributed by atoms with Crippen molar-refractivity contribution in [1.29, 1.82) is 0 Å². The smallest absolute Gasteiger partial charge is 0.275 e. The third-order valence-electron chi connectivity index (χ3n) is 2.70. The molecular formula is C14H8Br4N2O3. The van der Waals surface area contributed by atoms with Gasteiger partial charge in [-0.1, -0.05) is 31.9 Å². The Kier molecular flexibility index (Phi) is 6.24. The Balaban J connectivity index is 2.20.